The van der Waals surface area contributed by atoms with Crippen LogP contribution >= 0.6 is 0 Å². The minimum absolute atomic E-state index is 0.785. The summed E-state index contributed by atoms with van der Waals surface area (Å²) in [5.74, 6) is 1.06. The molecular formula is C17H30N2O. The number of benzene rings is 1. The molecule has 0 aromatic heterocycles. The maximum Gasteiger partial charge on any atom is 0.125 e. The standard InChI is InChI=1S/C17H30N2O/c1-6-8-18-13-16-11-14(2)17(15(3)12-16)20-10-7-9-19(4)5/h11-12,18H,6-10,13H2,1-5H3. The minimum Gasteiger partial charge on any atom is -0.493 e. The molecule has 3 nitrogen and oxygen atoms in total. The van der Waals surface area contributed by atoms with Crippen LogP contribution in [0.2, 0.25) is 0 Å². The molecular weight excluding hydrogens is 248 g/mol. The Kier molecular flexibility index (Phi) is 7.63. The van der Waals surface area contributed by atoms with Crippen LogP contribution in [0.5, 0.6) is 5.75 Å². The molecule has 0 aliphatic carbocycles. The number of rotatable bonds is 9. The Hall–Kier alpha value is -1.06. The van der Waals surface area contributed by atoms with Gasteiger partial charge in [-0.1, -0.05) is 19.1 Å². The Morgan fingerprint density at radius 3 is 2.35 bits per heavy atom. The molecule has 0 aliphatic heterocycles. The SMILES string of the molecule is CCCNCc1cc(C)c(OCCCN(C)C)c(C)c1. The first-order valence-electron chi connectivity index (χ1n) is 7.63. The second kappa shape index (κ2) is 8.98. The van der Waals surface area contributed by atoms with Gasteiger partial charge in [0.25, 0.3) is 0 Å². The first kappa shape index (κ1) is 17.0. The Bertz CT molecular complexity index is 379. The summed E-state index contributed by atoms with van der Waals surface area (Å²) in [7, 11) is 4.18. The summed E-state index contributed by atoms with van der Waals surface area (Å²) in [4.78, 5) is 2.19. The highest BCUT2D eigenvalue weighted by Crippen LogP contribution is 2.25. The Balaban J connectivity index is 2.55. The quantitative estimate of drug-likeness (QED) is 0.702. The molecule has 20 heavy (non-hydrogen) atoms. The van der Waals surface area contributed by atoms with Crippen molar-refractivity contribution >= 4 is 0 Å². The molecule has 0 atom stereocenters. The van der Waals surface area contributed by atoms with Gasteiger partial charge >= 0.3 is 0 Å². The molecule has 114 valence electrons. The maximum absolute atomic E-state index is 5.95. The lowest BCUT2D eigenvalue weighted by Gasteiger charge is -2.15. The predicted octanol–water partition coefficient (Wildman–Crippen LogP) is 3.13. The van der Waals surface area contributed by atoms with Gasteiger partial charge in [0.15, 0.2) is 0 Å². The summed E-state index contributed by atoms with van der Waals surface area (Å²) in [5.41, 5.74) is 3.82. The molecule has 0 unspecified atom stereocenters. The number of aryl methyl sites for hydroxylation is 2. The van der Waals surface area contributed by atoms with E-state index in [1.165, 1.54) is 23.1 Å². The summed E-state index contributed by atoms with van der Waals surface area (Å²) in [6, 6.07) is 4.47. The lowest BCUT2D eigenvalue weighted by molar-refractivity contribution is 0.278. The van der Waals surface area contributed by atoms with E-state index in [-0.39, 0.29) is 0 Å². The van der Waals surface area contributed by atoms with Crippen LogP contribution in [0.15, 0.2) is 12.1 Å². The van der Waals surface area contributed by atoms with Crippen LogP contribution in [-0.4, -0.2) is 38.7 Å². The highest BCUT2D eigenvalue weighted by atomic mass is 16.5. The molecule has 0 radical (unpaired) electrons. The molecule has 1 aromatic carbocycles. The zero-order chi connectivity index (χ0) is 15.0. The summed E-state index contributed by atoms with van der Waals surface area (Å²) in [5, 5.41) is 3.44. The molecule has 0 amide bonds. The lowest BCUT2D eigenvalue weighted by atomic mass is 10.1. The van der Waals surface area contributed by atoms with Crippen molar-refractivity contribution in [1.29, 1.82) is 0 Å². The maximum atomic E-state index is 5.95. The molecule has 0 bridgehead atoms. The van der Waals surface area contributed by atoms with Gasteiger partial charge in [-0.15, -0.1) is 0 Å². The number of nitrogens with one attached hydrogen (secondary N) is 1. The molecule has 0 saturated carbocycles. The average Bonchev–Trinajstić information content (AvgIpc) is 2.37. The van der Waals surface area contributed by atoms with Gasteiger partial charge in [0.1, 0.15) is 5.75 Å². The third kappa shape index (κ3) is 5.93. The molecule has 0 saturated heterocycles. The fraction of sp³-hybridized carbons (Fsp3) is 0.647. The van der Waals surface area contributed by atoms with E-state index in [9.17, 15) is 0 Å². The van der Waals surface area contributed by atoms with Crippen molar-refractivity contribution in [3.8, 4) is 5.75 Å². The van der Waals surface area contributed by atoms with E-state index in [0.717, 1.165) is 38.4 Å². The average molecular weight is 278 g/mol. The van der Waals surface area contributed by atoms with Gasteiger partial charge in [-0.25, -0.2) is 0 Å². The van der Waals surface area contributed by atoms with Crippen LogP contribution in [0.3, 0.4) is 0 Å². The summed E-state index contributed by atoms with van der Waals surface area (Å²) in [6.07, 6.45) is 2.23. The first-order valence-corrected chi connectivity index (χ1v) is 7.63. The monoisotopic (exact) mass is 278 g/mol. The van der Waals surface area contributed by atoms with E-state index in [4.69, 9.17) is 4.74 Å². The third-order valence-electron chi connectivity index (χ3n) is 3.27. The van der Waals surface area contributed by atoms with Crippen molar-refractivity contribution in [3.05, 3.63) is 28.8 Å². The van der Waals surface area contributed by atoms with Crippen LogP contribution in [0.1, 0.15) is 36.5 Å². The van der Waals surface area contributed by atoms with Crippen molar-refractivity contribution in [1.82, 2.24) is 10.2 Å². The lowest BCUT2D eigenvalue weighted by Crippen LogP contribution is -2.16. The fourth-order valence-electron chi connectivity index (χ4n) is 2.33. The summed E-state index contributed by atoms with van der Waals surface area (Å²) < 4.78 is 5.95. The van der Waals surface area contributed by atoms with Gasteiger partial charge in [0.05, 0.1) is 6.61 Å². The second-order valence-electron chi connectivity index (χ2n) is 5.74. The highest BCUT2D eigenvalue weighted by molar-refractivity contribution is 5.43. The summed E-state index contributed by atoms with van der Waals surface area (Å²) in [6.45, 7) is 10.3. The topological polar surface area (TPSA) is 24.5 Å². The van der Waals surface area contributed by atoms with Crippen LogP contribution in [0, 0.1) is 13.8 Å². The first-order chi connectivity index (χ1) is 9.54. The van der Waals surface area contributed by atoms with E-state index >= 15 is 0 Å². The van der Waals surface area contributed by atoms with Crippen molar-refractivity contribution in [3.63, 3.8) is 0 Å². The minimum atomic E-state index is 0.785. The van der Waals surface area contributed by atoms with Crippen LogP contribution < -0.4 is 10.1 Å². The zero-order valence-electron chi connectivity index (χ0n) is 13.8. The van der Waals surface area contributed by atoms with Gasteiger partial charge in [0, 0.05) is 13.1 Å². The Morgan fingerprint density at radius 2 is 1.80 bits per heavy atom. The second-order valence-corrected chi connectivity index (χ2v) is 5.74. The van der Waals surface area contributed by atoms with Crippen molar-refractivity contribution in [2.75, 3.05) is 33.8 Å². The van der Waals surface area contributed by atoms with Gasteiger partial charge in [0.2, 0.25) is 0 Å². The number of nitrogens with zero attached hydrogens (tertiary/aromatic N) is 1. The van der Waals surface area contributed by atoms with E-state index < -0.39 is 0 Å². The Labute approximate surface area is 124 Å². The van der Waals surface area contributed by atoms with Gasteiger partial charge < -0.3 is 15.0 Å². The smallest absolute Gasteiger partial charge is 0.125 e. The molecule has 0 heterocycles. The number of hydrogen-bond donors (Lipinski definition) is 1. The van der Waals surface area contributed by atoms with Crippen LogP contribution in [0.25, 0.3) is 0 Å². The van der Waals surface area contributed by atoms with Gasteiger partial charge in [-0.05, 0) is 64.0 Å². The Morgan fingerprint density at radius 1 is 1.15 bits per heavy atom. The third-order valence-corrected chi connectivity index (χ3v) is 3.27. The van der Waals surface area contributed by atoms with Gasteiger partial charge in [-0.2, -0.15) is 0 Å². The van der Waals surface area contributed by atoms with Crippen LogP contribution in [0.4, 0.5) is 0 Å². The highest BCUT2D eigenvalue weighted by Gasteiger charge is 2.06. The fourth-order valence-corrected chi connectivity index (χ4v) is 2.33. The van der Waals surface area contributed by atoms with Crippen LogP contribution in [-0.2, 0) is 6.54 Å². The molecule has 0 aliphatic rings. The van der Waals surface area contributed by atoms with Crippen molar-refractivity contribution in [2.24, 2.45) is 0 Å². The molecule has 0 fully saturated rings. The molecule has 1 rings (SSSR count). The normalized spacial score (nSPS) is 11.1. The molecule has 3 heteroatoms. The van der Waals surface area contributed by atoms with Gasteiger partial charge in [-0.3, -0.25) is 0 Å². The van der Waals surface area contributed by atoms with Crippen molar-refractivity contribution in [2.45, 2.75) is 40.2 Å². The number of ether oxygens (including phenoxy) is 1. The zero-order valence-corrected chi connectivity index (χ0v) is 13.8. The molecule has 1 N–H and O–H groups in total. The predicted molar refractivity (Wildman–Crippen MR) is 86.6 cm³/mol. The molecule has 0 spiro atoms. The molecule has 1 aromatic rings. The van der Waals surface area contributed by atoms with E-state index in [1.54, 1.807) is 0 Å². The van der Waals surface area contributed by atoms with E-state index in [2.05, 4.69) is 57.2 Å². The van der Waals surface area contributed by atoms with E-state index in [0.29, 0.717) is 0 Å². The summed E-state index contributed by atoms with van der Waals surface area (Å²) >= 11 is 0. The number of hydrogen-bond acceptors (Lipinski definition) is 3. The van der Waals surface area contributed by atoms with Crippen molar-refractivity contribution < 1.29 is 4.74 Å². The largest absolute Gasteiger partial charge is 0.493 e. The van der Waals surface area contributed by atoms with E-state index in [1.807, 2.05) is 0 Å².